The van der Waals surface area contributed by atoms with Crippen molar-refractivity contribution in [2.24, 2.45) is 0 Å². The van der Waals surface area contributed by atoms with Crippen molar-refractivity contribution in [3.05, 3.63) is 35.9 Å². The molecule has 7 nitrogen and oxygen atoms in total. The van der Waals surface area contributed by atoms with Crippen LogP contribution in [-0.4, -0.2) is 63.5 Å². The molecular weight excluding hydrogens is 380 g/mol. The second-order valence-electron chi connectivity index (χ2n) is 8.10. The van der Waals surface area contributed by atoms with E-state index < -0.39 is 51.3 Å². The van der Waals surface area contributed by atoms with Crippen LogP contribution < -0.4 is 0 Å². The maximum atomic E-state index is 11.9. The van der Waals surface area contributed by atoms with Crippen molar-refractivity contribution in [3.63, 3.8) is 0 Å². The van der Waals surface area contributed by atoms with Crippen molar-refractivity contribution in [1.29, 1.82) is 0 Å². The average molecular weight is 413 g/mol. The lowest BCUT2D eigenvalue weighted by Crippen LogP contribution is -2.64. The van der Waals surface area contributed by atoms with Crippen LogP contribution in [0.2, 0.25) is 13.1 Å². The van der Waals surface area contributed by atoms with E-state index >= 15 is 0 Å². The number of carboxylic acid groups (broad SMARTS) is 1. The van der Waals surface area contributed by atoms with Crippen molar-refractivity contribution in [2.45, 2.75) is 76.8 Å². The fourth-order valence-corrected chi connectivity index (χ4v) is 4.06. The van der Waals surface area contributed by atoms with Gasteiger partial charge in [-0.25, -0.2) is 4.79 Å². The molecule has 1 aromatic carbocycles. The highest BCUT2D eigenvalue weighted by Gasteiger charge is 2.52. The van der Waals surface area contributed by atoms with Gasteiger partial charge in [0.1, 0.15) is 18.3 Å². The third-order valence-corrected chi connectivity index (χ3v) is 5.03. The summed E-state index contributed by atoms with van der Waals surface area (Å²) in [5.74, 6) is -1.12. The average Bonchev–Trinajstić information content (AvgIpc) is 2.60. The molecule has 0 spiro atoms. The maximum absolute atomic E-state index is 11.9. The number of ether oxygens (including phenoxy) is 4. The highest BCUT2D eigenvalue weighted by Crippen LogP contribution is 2.32. The van der Waals surface area contributed by atoms with Gasteiger partial charge in [-0.1, -0.05) is 30.3 Å². The van der Waals surface area contributed by atoms with Gasteiger partial charge >= 0.3 is 5.97 Å². The predicted octanol–water partition coefficient (Wildman–Crippen LogP) is 2.58. The first-order chi connectivity index (χ1) is 13.1. The van der Waals surface area contributed by atoms with Gasteiger partial charge in [0.25, 0.3) is 0 Å². The standard InChI is InChI=1S/C20H32O7Si/c1-20(2,3)26-15-14(24-12-13-10-8-7-9-11-13)17(27-28(5)6)19(23-4)25-16(15)18(21)22/h7-11,14-17,19,28H,12H2,1-6H3,(H,21,22)/t14-,15-,16+,17+,19?/m0/s1. The Hall–Kier alpha value is -1.29. The minimum atomic E-state index is -1.50. The molecule has 1 N–H and O–H groups in total. The highest BCUT2D eigenvalue weighted by atomic mass is 28.3. The van der Waals surface area contributed by atoms with Crippen LogP contribution in [0.3, 0.4) is 0 Å². The van der Waals surface area contributed by atoms with Crippen molar-refractivity contribution in [1.82, 2.24) is 0 Å². The van der Waals surface area contributed by atoms with Crippen LogP contribution in [-0.2, 0) is 34.8 Å². The Balaban J connectivity index is 2.36. The minimum Gasteiger partial charge on any atom is -0.479 e. The topological polar surface area (TPSA) is 83.5 Å². The summed E-state index contributed by atoms with van der Waals surface area (Å²) in [6.45, 7) is 9.98. The molecule has 1 aliphatic heterocycles. The third-order valence-electron chi connectivity index (χ3n) is 4.17. The molecule has 1 saturated heterocycles. The zero-order valence-electron chi connectivity index (χ0n) is 17.5. The molecule has 0 aromatic heterocycles. The molecule has 0 aliphatic carbocycles. The number of methoxy groups -OCH3 is 1. The zero-order chi connectivity index (χ0) is 20.9. The van der Waals surface area contributed by atoms with Gasteiger partial charge in [-0.3, -0.25) is 0 Å². The van der Waals surface area contributed by atoms with E-state index in [0.29, 0.717) is 6.61 Å². The minimum absolute atomic E-state index is 0.303. The Morgan fingerprint density at radius 2 is 1.79 bits per heavy atom. The van der Waals surface area contributed by atoms with Gasteiger partial charge in [0, 0.05) is 7.11 Å². The summed E-state index contributed by atoms with van der Waals surface area (Å²) in [5.41, 5.74) is 0.389. The first kappa shape index (κ1) is 23.0. The van der Waals surface area contributed by atoms with E-state index in [-0.39, 0.29) is 0 Å². The SMILES string of the molecule is COC1O[C@@H](C(=O)O)[C@@H](OC(C)(C)C)[C@H](OCc2ccccc2)[C@H]1O[SiH](C)C. The van der Waals surface area contributed by atoms with E-state index in [1.54, 1.807) is 0 Å². The molecule has 158 valence electrons. The summed E-state index contributed by atoms with van der Waals surface area (Å²) >= 11 is 0. The van der Waals surface area contributed by atoms with Gasteiger partial charge < -0.3 is 28.5 Å². The van der Waals surface area contributed by atoms with E-state index in [1.165, 1.54) is 7.11 Å². The lowest BCUT2D eigenvalue weighted by atomic mass is 9.97. The van der Waals surface area contributed by atoms with E-state index in [0.717, 1.165) is 5.56 Å². The number of hydrogen-bond donors (Lipinski definition) is 1. The number of carboxylic acids is 1. The molecule has 1 aliphatic rings. The van der Waals surface area contributed by atoms with Crippen LogP contribution in [0.5, 0.6) is 0 Å². The summed E-state index contributed by atoms with van der Waals surface area (Å²) in [7, 11) is -0.0284. The Kier molecular flexibility index (Phi) is 8.17. The van der Waals surface area contributed by atoms with Crippen molar-refractivity contribution >= 4 is 15.0 Å². The van der Waals surface area contributed by atoms with Crippen molar-refractivity contribution < 1.29 is 33.3 Å². The molecule has 1 fully saturated rings. The molecule has 0 amide bonds. The van der Waals surface area contributed by atoms with Crippen LogP contribution in [0.25, 0.3) is 0 Å². The Bertz CT molecular complexity index is 617. The molecule has 0 saturated carbocycles. The Labute approximate surface area is 168 Å². The molecule has 5 atom stereocenters. The molecule has 1 unspecified atom stereocenters. The van der Waals surface area contributed by atoms with E-state index in [2.05, 4.69) is 0 Å². The van der Waals surface area contributed by atoms with Gasteiger partial charge in [-0.15, -0.1) is 0 Å². The fourth-order valence-electron chi connectivity index (χ4n) is 3.15. The predicted molar refractivity (Wildman–Crippen MR) is 107 cm³/mol. The lowest BCUT2D eigenvalue weighted by molar-refractivity contribution is -0.308. The first-order valence-electron chi connectivity index (χ1n) is 9.52. The largest absolute Gasteiger partial charge is 0.479 e. The number of carbonyl (C=O) groups is 1. The van der Waals surface area contributed by atoms with E-state index in [4.69, 9.17) is 23.4 Å². The molecule has 28 heavy (non-hydrogen) atoms. The first-order valence-corrected chi connectivity index (χ1v) is 12.3. The monoisotopic (exact) mass is 412 g/mol. The molecular formula is C20H32O7Si. The fraction of sp³-hybridized carbons (Fsp3) is 0.650. The Morgan fingerprint density at radius 3 is 2.29 bits per heavy atom. The van der Waals surface area contributed by atoms with Crippen molar-refractivity contribution in [3.8, 4) is 0 Å². The normalized spacial score (nSPS) is 28.5. The summed E-state index contributed by atoms with van der Waals surface area (Å²) < 4.78 is 29.6. The molecule has 8 heteroatoms. The van der Waals surface area contributed by atoms with Crippen LogP contribution in [0.4, 0.5) is 0 Å². The lowest BCUT2D eigenvalue weighted by Gasteiger charge is -2.46. The second kappa shape index (κ2) is 9.95. The molecule has 1 heterocycles. The number of hydrogen-bond acceptors (Lipinski definition) is 6. The quantitative estimate of drug-likeness (QED) is 0.657. The van der Waals surface area contributed by atoms with Crippen LogP contribution in [0.15, 0.2) is 30.3 Å². The van der Waals surface area contributed by atoms with Crippen LogP contribution in [0, 0.1) is 0 Å². The van der Waals surface area contributed by atoms with Gasteiger partial charge in [-0.05, 0) is 39.4 Å². The van der Waals surface area contributed by atoms with Gasteiger partial charge in [0.15, 0.2) is 21.4 Å². The van der Waals surface area contributed by atoms with E-state index in [1.807, 2.05) is 64.2 Å². The smallest absolute Gasteiger partial charge is 0.335 e. The third kappa shape index (κ3) is 6.37. The molecule has 0 radical (unpaired) electrons. The summed E-state index contributed by atoms with van der Waals surface area (Å²) in [4.78, 5) is 11.9. The summed E-state index contributed by atoms with van der Waals surface area (Å²) in [6, 6.07) is 9.70. The van der Waals surface area contributed by atoms with Crippen LogP contribution in [0.1, 0.15) is 26.3 Å². The van der Waals surface area contributed by atoms with Crippen LogP contribution >= 0.6 is 0 Å². The summed E-state index contributed by atoms with van der Waals surface area (Å²) in [5, 5.41) is 9.74. The number of aliphatic carboxylic acids is 1. The summed E-state index contributed by atoms with van der Waals surface area (Å²) in [6.07, 6.45) is -4.15. The second-order valence-corrected chi connectivity index (χ2v) is 10.5. The van der Waals surface area contributed by atoms with E-state index in [9.17, 15) is 9.90 Å². The van der Waals surface area contributed by atoms with Gasteiger partial charge in [-0.2, -0.15) is 0 Å². The van der Waals surface area contributed by atoms with Crippen molar-refractivity contribution in [2.75, 3.05) is 7.11 Å². The number of rotatable bonds is 8. The Morgan fingerprint density at radius 1 is 1.14 bits per heavy atom. The highest BCUT2D eigenvalue weighted by molar-refractivity contribution is 6.48. The maximum Gasteiger partial charge on any atom is 0.335 e. The van der Waals surface area contributed by atoms with Gasteiger partial charge in [0.05, 0.1) is 12.2 Å². The molecule has 0 bridgehead atoms. The van der Waals surface area contributed by atoms with Gasteiger partial charge in [0.2, 0.25) is 0 Å². The molecule has 1 aromatic rings. The number of benzene rings is 1. The molecule has 2 rings (SSSR count). The zero-order valence-corrected chi connectivity index (χ0v) is 18.6.